The molecule has 6 aliphatic rings. The molecule has 6 heterocycles. The Bertz CT molecular complexity index is 1180. The molecule has 1 aromatic heterocycles. The van der Waals surface area contributed by atoms with Gasteiger partial charge in [0.1, 0.15) is 12.6 Å². The number of aliphatic hydroxyl groups excluding tert-OH is 2. The Labute approximate surface area is 199 Å². The van der Waals surface area contributed by atoms with Crippen LogP contribution in [0.5, 0.6) is 0 Å². The molecule has 0 amide bonds. The number of nitrogens with zero attached hydrogens (tertiary/aromatic N) is 2. The number of para-hydroxylation sites is 1. The van der Waals surface area contributed by atoms with Crippen LogP contribution in [-0.4, -0.2) is 65.3 Å². The fourth-order valence-electron chi connectivity index (χ4n) is 9.65. The Hall–Kier alpha value is -2.35. The van der Waals surface area contributed by atoms with Crippen LogP contribution in [0.4, 0.5) is 5.69 Å². The number of hydrogen-bond acceptors (Lipinski definition) is 6. The number of furan rings is 1. The van der Waals surface area contributed by atoms with Gasteiger partial charge in [-0.2, -0.15) is 0 Å². The van der Waals surface area contributed by atoms with E-state index in [1.54, 1.807) is 6.07 Å². The molecular weight excluding hydrogens is 432 g/mol. The van der Waals surface area contributed by atoms with Crippen molar-refractivity contribution in [3.63, 3.8) is 0 Å². The standard InChI is InChI=1S/C27H33N2O5/c1-4-15-16-11-19-23-27(17-7-5-6-8-18(17)28(23)2)12-20(22(16)24(27)30)29(19,25(15)31)13-14-9-10-21(34-14)26(32)33-3/h5-10,15-16,19-20,22-25,30-31H,4,11-13H2,1-3H3/q+1/t15-,16-,19+,20+,22-,23+,24+,25-,27+,29+/m1/s1. The Kier molecular flexibility index (Phi) is 4.10. The molecule has 4 saturated heterocycles. The molecule has 10 atom stereocenters. The molecule has 1 spiro atoms. The van der Waals surface area contributed by atoms with Crippen molar-refractivity contribution in [3.8, 4) is 0 Å². The van der Waals surface area contributed by atoms with Gasteiger partial charge in [-0.25, -0.2) is 4.79 Å². The smallest absolute Gasteiger partial charge is 0.373 e. The van der Waals surface area contributed by atoms with E-state index in [1.165, 1.54) is 18.4 Å². The number of ether oxygens (including phenoxy) is 1. The molecular formula is C27H33N2O5+. The topological polar surface area (TPSA) is 83.1 Å². The summed E-state index contributed by atoms with van der Waals surface area (Å²) in [6.45, 7) is 2.69. The summed E-state index contributed by atoms with van der Waals surface area (Å²) in [6, 6.07) is 12.6. The number of aliphatic hydroxyl groups is 2. The van der Waals surface area contributed by atoms with Crippen LogP contribution < -0.4 is 4.90 Å². The second-order valence-corrected chi connectivity index (χ2v) is 11.3. The van der Waals surface area contributed by atoms with E-state index in [4.69, 9.17) is 9.15 Å². The lowest BCUT2D eigenvalue weighted by Gasteiger charge is -2.67. The number of likely N-dealkylation sites (N-methyl/N-ethyl adjacent to an activating group) is 1. The third kappa shape index (κ3) is 2.10. The first-order chi connectivity index (χ1) is 16.4. The Morgan fingerprint density at radius 1 is 1.24 bits per heavy atom. The van der Waals surface area contributed by atoms with Gasteiger partial charge in [0.15, 0.2) is 12.0 Å². The maximum atomic E-state index is 12.1. The largest absolute Gasteiger partial charge is 0.463 e. The summed E-state index contributed by atoms with van der Waals surface area (Å²) in [5.74, 6) is 1.04. The van der Waals surface area contributed by atoms with Crippen LogP contribution >= 0.6 is 0 Å². The Morgan fingerprint density at radius 3 is 2.79 bits per heavy atom. The molecule has 5 fully saturated rings. The van der Waals surface area contributed by atoms with E-state index in [0.29, 0.717) is 22.7 Å². The van der Waals surface area contributed by atoms with Crippen LogP contribution in [0.1, 0.15) is 48.1 Å². The third-order valence-electron chi connectivity index (χ3n) is 10.6. The van der Waals surface area contributed by atoms with E-state index in [-0.39, 0.29) is 41.1 Å². The summed E-state index contributed by atoms with van der Waals surface area (Å²) in [6.07, 6.45) is 1.83. The van der Waals surface area contributed by atoms with Gasteiger partial charge < -0.3 is 24.3 Å². The summed E-state index contributed by atoms with van der Waals surface area (Å²) in [4.78, 5) is 14.4. The van der Waals surface area contributed by atoms with Crippen LogP contribution in [0, 0.1) is 17.8 Å². The molecule has 5 aliphatic heterocycles. The number of hydrogen-bond donors (Lipinski definition) is 2. The fraction of sp³-hybridized carbons (Fsp3) is 0.593. The molecule has 1 aliphatic carbocycles. The van der Waals surface area contributed by atoms with Gasteiger partial charge in [0, 0.05) is 37.4 Å². The number of benzene rings is 1. The lowest BCUT2D eigenvalue weighted by atomic mass is 9.60. The Morgan fingerprint density at radius 2 is 2.03 bits per heavy atom. The minimum atomic E-state index is -0.512. The van der Waals surface area contributed by atoms with Gasteiger partial charge in [-0.15, -0.1) is 0 Å². The van der Waals surface area contributed by atoms with Gasteiger partial charge in [0.2, 0.25) is 5.76 Å². The minimum absolute atomic E-state index is 0.119. The number of fused-ring (bicyclic) bond motifs is 2. The van der Waals surface area contributed by atoms with E-state index in [2.05, 4.69) is 43.1 Å². The Balaban J connectivity index is 1.41. The number of esters is 1. The fourth-order valence-corrected chi connectivity index (χ4v) is 9.65. The van der Waals surface area contributed by atoms with Crippen LogP contribution in [0.3, 0.4) is 0 Å². The average molecular weight is 466 g/mol. The summed E-state index contributed by atoms with van der Waals surface area (Å²) >= 11 is 0. The van der Waals surface area contributed by atoms with Crippen LogP contribution in [0.25, 0.3) is 0 Å². The van der Waals surface area contributed by atoms with Gasteiger partial charge in [-0.1, -0.05) is 25.1 Å². The van der Waals surface area contributed by atoms with Crippen LogP contribution in [0.2, 0.25) is 0 Å². The summed E-state index contributed by atoms with van der Waals surface area (Å²) < 4.78 is 11.3. The van der Waals surface area contributed by atoms with Gasteiger partial charge in [-0.3, -0.25) is 4.48 Å². The minimum Gasteiger partial charge on any atom is -0.463 e. The highest BCUT2D eigenvalue weighted by atomic mass is 16.5. The number of anilines is 1. The van der Waals surface area contributed by atoms with Crippen LogP contribution in [0.15, 0.2) is 40.8 Å². The molecule has 0 radical (unpaired) electrons. The predicted octanol–water partition coefficient (Wildman–Crippen LogP) is 2.65. The van der Waals surface area contributed by atoms with E-state index < -0.39 is 18.3 Å². The second-order valence-electron chi connectivity index (χ2n) is 11.3. The van der Waals surface area contributed by atoms with Gasteiger partial charge in [-0.05, 0) is 36.1 Å². The summed E-state index contributed by atoms with van der Waals surface area (Å²) in [7, 11) is 3.51. The lowest BCUT2D eigenvalue weighted by Crippen LogP contribution is -2.82. The zero-order chi connectivity index (χ0) is 23.6. The SMILES string of the molecule is CC[C@@H]1[C@H]2C[C@H]3[C@@H]4N(C)c5ccccc5[C@@]45C[C@@H]([C@@H]2[C@@H]5O)[N@@+]3(Cc2ccc(C(=O)OC)o2)[C@@H]1O. The van der Waals surface area contributed by atoms with E-state index in [9.17, 15) is 15.0 Å². The molecule has 180 valence electrons. The zero-order valence-electron chi connectivity index (χ0n) is 19.9. The van der Waals surface area contributed by atoms with Crippen molar-refractivity contribution in [2.75, 3.05) is 19.1 Å². The zero-order valence-corrected chi connectivity index (χ0v) is 19.9. The van der Waals surface area contributed by atoms with Crippen molar-refractivity contribution in [2.45, 2.75) is 68.6 Å². The molecule has 34 heavy (non-hydrogen) atoms. The number of carbonyl (C=O) groups is 1. The highest BCUT2D eigenvalue weighted by Gasteiger charge is 2.83. The van der Waals surface area contributed by atoms with E-state index in [0.717, 1.165) is 19.3 Å². The number of quaternary nitrogens is 1. The number of methoxy groups -OCH3 is 1. The molecule has 7 heteroatoms. The van der Waals surface area contributed by atoms with Crippen molar-refractivity contribution in [1.29, 1.82) is 0 Å². The number of carbonyl (C=O) groups excluding carboxylic acids is 1. The predicted molar refractivity (Wildman–Crippen MR) is 124 cm³/mol. The van der Waals surface area contributed by atoms with Gasteiger partial charge in [0.05, 0.1) is 30.7 Å². The molecule has 8 rings (SSSR count). The maximum Gasteiger partial charge on any atom is 0.373 e. The van der Waals surface area contributed by atoms with Crippen molar-refractivity contribution in [2.24, 2.45) is 17.8 Å². The van der Waals surface area contributed by atoms with Crippen molar-refractivity contribution < 1.29 is 28.6 Å². The molecule has 2 aromatic rings. The lowest BCUT2D eigenvalue weighted by molar-refractivity contribution is -1.05. The van der Waals surface area contributed by atoms with E-state index in [1.807, 2.05) is 6.07 Å². The van der Waals surface area contributed by atoms with Crippen molar-refractivity contribution in [1.82, 2.24) is 0 Å². The monoisotopic (exact) mass is 465 g/mol. The first kappa shape index (κ1) is 21.0. The number of piperidine rings is 4. The molecule has 5 bridgehead atoms. The molecule has 2 N–H and O–H groups in total. The first-order valence-corrected chi connectivity index (χ1v) is 12.6. The highest BCUT2D eigenvalue weighted by Crippen LogP contribution is 2.71. The van der Waals surface area contributed by atoms with Crippen molar-refractivity contribution >= 4 is 11.7 Å². The average Bonchev–Trinajstić information content (AvgIpc) is 3.47. The molecule has 1 aromatic carbocycles. The maximum absolute atomic E-state index is 12.1. The van der Waals surface area contributed by atoms with E-state index >= 15 is 0 Å². The van der Waals surface area contributed by atoms with Crippen LogP contribution in [-0.2, 0) is 16.7 Å². The summed E-state index contributed by atoms with van der Waals surface area (Å²) in [5, 5.41) is 24.1. The summed E-state index contributed by atoms with van der Waals surface area (Å²) in [5.41, 5.74) is 2.20. The number of rotatable bonds is 4. The normalized spacial score (nSPS) is 44.9. The first-order valence-electron chi connectivity index (χ1n) is 12.6. The quantitative estimate of drug-likeness (QED) is 0.534. The van der Waals surface area contributed by atoms with Gasteiger partial charge >= 0.3 is 5.97 Å². The third-order valence-corrected chi connectivity index (χ3v) is 10.6. The van der Waals surface area contributed by atoms with Crippen molar-refractivity contribution in [3.05, 3.63) is 53.5 Å². The second kappa shape index (κ2) is 6.65. The molecule has 7 nitrogen and oxygen atoms in total. The molecule has 0 unspecified atom stereocenters. The van der Waals surface area contributed by atoms with Gasteiger partial charge in [0.25, 0.3) is 0 Å². The highest BCUT2D eigenvalue weighted by molar-refractivity contribution is 5.86. The molecule has 1 saturated carbocycles.